The van der Waals surface area contributed by atoms with Crippen LogP contribution in [0.3, 0.4) is 0 Å². The van der Waals surface area contributed by atoms with Crippen molar-refractivity contribution in [3.05, 3.63) is 11.7 Å². The first kappa shape index (κ1) is 10.1. The van der Waals surface area contributed by atoms with Gasteiger partial charge in [0.25, 0.3) is 0 Å². The topological polar surface area (TPSA) is 62.4 Å². The summed E-state index contributed by atoms with van der Waals surface area (Å²) in [6.07, 6.45) is -0.339. The Bertz CT molecular complexity index is 260. The summed E-state index contributed by atoms with van der Waals surface area (Å²) >= 11 is 0. The van der Waals surface area contributed by atoms with E-state index in [1.54, 1.807) is 13.8 Å². The summed E-state index contributed by atoms with van der Waals surface area (Å²) in [5.41, 5.74) is 0. The molecule has 74 valence electrons. The zero-order valence-electron chi connectivity index (χ0n) is 8.19. The zero-order valence-corrected chi connectivity index (χ0v) is 8.19. The Kier molecular flexibility index (Phi) is 3.39. The molecule has 0 amide bonds. The van der Waals surface area contributed by atoms with Crippen molar-refractivity contribution in [3.63, 3.8) is 0 Å². The predicted octanol–water partition coefficient (Wildman–Crippen LogP) is 0.191. The van der Waals surface area contributed by atoms with Crippen LogP contribution in [0.4, 0.5) is 0 Å². The first-order chi connectivity index (χ1) is 6.08. The van der Waals surface area contributed by atoms with Crippen molar-refractivity contribution in [2.24, 2.45) is 0 Å². The molecule has 5 heteroatoms. The second-order valence-electron chi connectivity index (χ2n) is 3.28. The van der Waals surface area contributed by atoms with Crippen LogP contribution in [0.25, 0.3) is 0 Å². The molecule has 1 N–H and O–H groups in total. The summed E-state index contributed by atoms with van der Waals surface area (Å²) in [6.45, 7) is 4.70. The zero-order chi connectivity index (χ0) is 9.84. The molecule has 0 spiro atoms. The number of aryl methyl sites for hydroxylation is 1. The Labute approximate surface area is 77.4 Å². The fraction of sp³-hybridized carbons (Fsp3) is 0.750. The van der Waals surface area contributed by atoms with E-state index in [1.807, 2.05) is 11.9 Å². The van der Waals surface area contributed by atoms with Gasteiger partial charge >= 0.3 is 0 Å². The standard InChI is InChI=1S/C8H15N3O2/c1-6(12)4-11(3)5-8-9-7(2)10-13-8/h6,12H,4-5H2,1-3H3. The van der Waals surface area contributed by atoms with E-state index in [0.29, 0.717) is 24.8 Å². The summed E-state index contributed by atoms with van der Waals surface area (Å²) < 4.78 is 4.93. The fourth-order valence-electron chi connectivity index (χ4n) is 1.15. The van der Waals surface area contributed by atoms with E-state index in [-0.39, 0.29) is 6.10 Å². The molecule has 13 heavy (non-hydrogen) atoms. The third kappa shape index (κ3) is 3.52. The number of nitrogens with zero attached hydrogens (tertiary/aromatic N) is 3. The van der Waals surface area contributed by atoms with E-state index >= 15 is 0 Å². The minimum Gasteiger partial charge on any atom is -0.392 e. The minimum atomic E-state index is -0.339. The molecular formula is C8H15N3O2. The maximum Gasteiger partial charge on any atom is 0.240 e. The normalized spacial score (nSPS) is 13.6. The molecule has 1 atom stereocenters. The molecule has 0 aliphatic rings. The Morgan fingerprint density at radius 3 is 2.77 bits per heavy atom. The Morgan fingerprint density at radius 1 is 1.62 bits per heavy atom. The van der Waals surface area contributed by atoms with E-state index in [9.17, 15) is 0 Å². The van der Waals surface area contributed by atoms with E-state index in [1.165, 1.54) is 0 Å². The maximum atomic E-state index is 9.10. The van der Waals surface area contributed by atoms with Crippen LogP contribution in [0, 0.1) is 6.92 Å². The van der Waals surface area contributed by atoms with Crippen molar-refractivity contribution >= 4 is 0 Å². The van der Waals surface area contributed by atoms with Crippen LogP contribution in [-0.4, -0.2) is 39.8 Å². The van der Waals surface area contributed by atoms with E-state index in [4.69, 9.17) is 9.63 Å². The molecule has 1 unspecified atom stereocenters. The molecule has 5 nitrogen and oxygen atoms in total. The Morgan fingerprint density at radius 2 is 2.31 bits per heavy atom. The Hall–Kier alpha value is -0.940. The van der Waals surface area contributed by atoms with Gasteiger partial charge in [-0.1, -0.05) is 5.16 Å². The quantitative estimate of drug-likeness (QED) is 0.725. The third-order valence-corrected chi connectivity index (χ3v) is 1.55. The largest absolute Gasteiger partial charge is 0.392 e. The van der Waals surface area contributed by atoms with Gasteiger partial charge < -0.3 is 9.63 Å². The summed E-state index contributed by atoms with van der Waals surface area (Å²) in [6, 6.07) is 0. The highest BCUT2D eigenvalue weighted by atomic mass is 16.5. The van der Waals surface area contributed by atoms with Gasteiger partial charge in [0.1, 0.15) is 0 Å². The summed E-state index contributed by atoms with van der Waals surface area (Å²) in [7, 11) is 1.90. The van der Waals surface area contributed by atoms with Crippen LogP contribution in [-0.2, 0) is 6.54 Å². The van der Waals surface area contributed by atoms with Crippen LogP contribution in [0.5, 0.6) is 0 Å². The van der Waals surface area contributed by atoms with Crippen LogP contribution < -0.4 is 0 Å². The van der Waals surface area contributed by atoms with Crippen LogP contribution >= 0.6 is 0 Å². The van der Waals surface area contributed by atoms with Gasteiger partial charge in [0.05, 0.1) is 12.6 Å². The van der Waals surface area contributed by atoms with Gasteiger partial charge in [-0.3, -0.25) is 4.90 Å². The molecule has 0 saturated heterocycles. The van der Waals surface area contributed by atoms with Crippen molar-refractivity contribution in [2.75, 3.05) is 13.6 Å². The number of likely N-dealkylation sites (N-methyl/N-ethyl adjacent to an activating group) is 1. The molecule has 0 saturated carbocycles. The smallest absolute Gasteiger partial charge is 0.240 e. The molecule has 1 aromatic heterocycles. The van der Waals surface area contributed by atoms with Gasteiger partial charge in [-0.15, -0.1) is 0 Å². The van der Waals surface area contributed by atoms with Gasteiger partial charge in [-0.25, -0.2) is 0 Å². The lowest BCUT2D eigenvalue weighted by Gasteiger charge is -2.15. The van der Waals surface area contributed by atoms with Gasteiger partial charge in [-0.2, -0.15) is 4.98 Å². The molecule has 0 aliphatic carbocycles. The van der Waals surface area contributed by atoms with E-state index < -0.39 is 0 Å². The van der Waals surface area contributed by atoms with Crippen molar-refractivity contribution < 1.29 is 9.63 Å². The Balaban J connectivity index is 2.40. The molecule has 1 rings (SSSR count). The van der Waals surface area contributed by atoms with Gasteiger partial charge in [0.2, 0.25) is 5.89 Å². The highest BCUT2D eigenvalue weighted by Crippen LogP contribution is 2.00. The number of rotatable bonds is 4. The number of hydrogen-bond acceptors (Lipinski definition) is 5. The molecule has 0 radical (unpaired) electrons. The fourth-order valence-corrected chi connectivity index (χ4v) is 1.15. The molecule has 0 aromatic carbocycles. The van der Waals surface area contributed by atoms with Gasteiger partial charge in [-0.05, 0) is 20.9 Å². The lowest BCUT2D eigenvalue weighted by molar-refractivity contribution is 0.131. The number of aromatic nitrogens is 2. The van der Waals surface area contributed by atoms with Gasteiger partial charge in [0, 0.05) is 6.54 Å². The predicted molar refractivity (Wildman–Crippen MR) is 47.0 cm³/mol. The van der Waals surface area contributed by atoms with Crippen molar-refractivity contribution in [2.45, 2.75) is 26.5 Å². The van der Waals surface area contributed by atoms with Crippen LogP contribution in [0.2, 0.25) is 0 Å². The summed E-state index contributed by atoms with van der Waals surface area (Å²) in [5, 5.41) is 12.8. The molecule has 0 bridgehead atoms. The van der Waals surface area contributed by atoms with Crippen molar-refractivity contribution in [1.29, 1.82) is 0 Å². The summed E-state index contributed by atoms with van der Waals surface area (Å²) in [5.74, 6) is 1.22. The lowest BCUT2D eigenvalue weighted by atomic mass is 10.4. The average molecular weight is 185 g/mol. The van der Waals surface area contributed by atoms with Crippen molar-refractivity contribution in [3.8, 4) is 0 Å². The number of aliphatic hydroxyl groups is 1. The van der Waals surface area contributed by atoms with Gasteiger partial charge in [0.15, 0.2) is 5.82 Å². The average Bonchev–Trinajstić information content (AvgIpc) is 2.33. The minimum absolute atomic E-state index is 0.339. The van der Waals surface area contributed by atoms with Crippen LogP contribution in [0.15, 0.2) is 4.52 Å². The first-order valence-corrected chi connectivity index (χ1v) is 4.23. The van der Waals surface area contributed by atoms with Crippen LogP contribution in [0.1, 0.15) is 18.6 Å². The summed E-state index contributed by atoms with van der Waals surface area (Å²) in [4.78, 5) is 5.99. The monoisotopic (exact) mass is 185 g/mol. The molecule has 1 heterocycles. The second-order valence-corrected chi connectivity index (χ2v) is 3.28. The molecule has 0 fully saturated rings. The van der Waals surface area contributed by atoms with E-state index in [0.717, 1.165) is 0 Å². The van der Waals surface area contributed by atoms with E-state index in [2.05, 4.69) is 10.1 Å². The van der Waals surface area contributed by atoms with Crippen molar-refractivity contribution in [1.82, 2.24) is 15.0 Å². The highest BCUT2D eigenvalue weighted by molar-refractivity contribution is 4.82. The number of aliphatic hydroxyl groups excluding tert-OH is 1. The molecule has 0 aliphatic heterocycles. The first-order valence-electron chi connectivity index (χ1n) is 4.23. The second kappa shape index (κ2) is 4.34. The maximum absolute atomic E-state index is 9.10. The molecule has 1 aromatic rings. The SMILES string of the molecule is Cc1noc(CN(C)CC(C)O)n1. The number of hydrogen-bond donors (Lipinski definition) is 1. The third-order valence-electron chi connectivity index (χ3n) is 1.55. The lowest BCUT2D eigenvalue weighted by Crippen LogP contribution is -2.26. The highest BCUT2D eigenvalue weighted by Gasteiger charge is 2.08. The molecular weight excluding hydrogens is 170 g/mol.